The van der Waals surface area contributed by atoms with Gasteiger partial charge < -0.3 is 25.4 Å². The highest BCUT2D eigenvalue weighted by Gasteiger charge is 2.54. The average molecular weight is 596 g/mol. The van der Waals surface area contributed by atoms with Crippen LogP contribution in [0.25, 0.3) is 5.52 Å². The highest BCUT2D eigenvalue weighted by molar-refractivity contribution is 7.51. The number of nitrogen functional groups attached to an aromatic ring is 1. The van der Waals surface area contributed by atoms with E-state index in [4.69, 9.17) is 19.7 Å². The molecule has 2 aromatic rings. The fourth-order valence-corrected chi connectivity index (χ4v) is 6.27. The SMILES string of the molecule is C[C@H](NP(=O)(OCC(F)(F)F)OC[C@@]1(C)O[C@@H](c2ccc3c(N)ncnn23)[C@H](O)[C@@H]1O)C(=O)OC1CCCCC1. The zero-order valence-corrected chi connectivity index (χ0v) is 22.8. The number of hydrogen-bond acceptors (Lipinski definition) is 11. The average Bonchev–Trinajstić information content (AvgIpc) is 3.43. The highest BCUT2D eigenvalue weighted by atomic mass is 31.2. The highest BCUT2D eigenvalue weighted by Crippen LogP contribution is 2.49. The van der Waals surface area contributed by atoms with Crippen molar-refractivity contribution in [2.24, 2.45) is 0 Å². The Morgan fingerprint density at radius 1 is 1.30 bits per heavy atom. The Kier molecular flexibility index (Phi) is 9.10. The van der Waals surface area contributed by atoms with Crippen LogP contribution in [-0.2, 0) is 27.9 Å². The first-order valence-electron chi connectivity index (χ1n) is 12.8. The first-order chi connectivity index (χ1) is 18.7. The number of nitrogens with zero attached hydrogens (tertiary/aromatic N) is 3. The standard InChI is InChI=1S/C23H33F3N5O8P/c1-13(21(34)38-14-6-4-3-5-7-14)30-40(35,37-11-23(24,25)26)36-10-22(2)19(33)17(32)18(39-22)15-8-9-16-20(27)28-12-29-31(15)16/h8-9,12-14,17-19,32-33H,3-7,10-11H2,1-2H3,(H,30,35)(H2,27,28,29)/t13-,17-,18-,19-,22+,40?/m0/s1. The van der Waals surface area contributed by atoms with Crippen molar-refractivity contribution in [1.82, 2.24) is 19.7 Å². The number of alkyl halides is 3. The van der Waals surface area contributed by atoms with E-state index in [0.717, 1.165) is 19.3 Å². The molecule has 2 aliphatic rings. The Labute approximate surface area is 227 Å². The number of fused-ring (bicyclic) bond motifs is 1. The number of carbonyl (C=O) groups excluding carboxylic acids is 1. The van der Waals surface area contributed by atoms with E-state index in [1.807, 2.05) is 0 Å². The summed E-state index contributed by atoms with van der Waals surface area (Å²) >= 11 is 0. The van der Waals surface area contributed by atoms with Crippen LogP contribution in [0.4, 0.5) is 19.0 Å². The van der Waals surface area contributed by atoms with Crippen LogP contribution in [0.15, 0.2) is 18.5 Å². The van der Waals surface area contributed by atoms with Gasteiger partial charge in [0.2, 0.25) is 0 Å². The van der Waals surface area contributed by atoms with Gasteiger partial charge in [-0.15, -0.1) is 0 Å². The first-order valence-corrected chi connectivity index (χ1v) is 14.3. The van der Waals surface area contributed by atoms with E-state index in [1.165, 1.54) is 24.7 Å². The summed E-state index contributed by atoms with van der Waals surface area (Å²) in [5, 5.41) is 27.8. The van der Waals surface area contributed by atoms with E-state index >= 15 is 0 Å². The molecular weight excluding hydrogens is 562 g/mol. The lowest BCUT2D eigenvalue weighted by atomic mass is 9.97. The molecule has 0 spiro atoms. The second-order valence-electron chi connectivity index (χ2n) is 10.2. The molecule has 2 aromatic heterocycles. The van der Waals surface area contributed by atoms with Crippen LogP contribution in [0, 0.1) is 0 Å². The number of aliphatic hydroxyl groups is 2. The minimum Gasteiger partial charge on any atom is -0.461 e. The number of esters is 1. The molecule has 224 valence electrons. The molecule has 4 rings (SSSR count). The molecule has 6 atom stereocenters. The molecule has 1 saturated heterocycles. The van der Waals surface area contributed by atoms with Gasteiger partial charge in [-0.25, -0.2) is 19.2 Å². The summed E-state index contributed by atoms with van der Waals surface area (Å²) in [6.07, 6.45) is -4.27. The molecule has 17 heteroatoms. The number of rotatable bonds is 10. The van der Waals surface area contributed by atoms with Gasteiger partial charge in [-0.1, -0.05) is 6.42 Å². The third-order valence-electron chi connectivity index (χ3n) is 6.92. The zero-order chi connectivity index (χ0) is 29.3. The molecule has 40 heavy (non-hydrogen) atoms. The number of carbonyl (C=O) groups is 1. The van der Waals surface area contributed by atoms with Crippen molar-refractivity contribution >= 4 is 25.1 Å². The Morgan fingerprint density at radius 3 is 2.67 bits per heavy atom. The number of nitrogens with two attached hydrogens (primary N) is 1. The summed E-state index contributed by atoms with van der Waals surface area (Å²) in [5.74, 6) is -0.670. The number of hydrogen-bond donors (Lipinski definition) is 4. The van der Waals surface area contributed by atoms with Gasteiger partial charge in [0.05, 0.1) is 12.3 Å². The fourth-order valence-electron chi connectivity index (χ4n) is 4.72. The van der Waals surface area contributed by atoms with Crippen molar-refractivity contribution in [3.63, 3.8) is 0 Å². The summed E-state index contributed by atoms with van der Waals surface area (Å²) < 4.78 is 74.7. The molecule has 2 fully saturated rings. The maximum Gasteiger partial charge on any atom is 0.412 e. The van der Waals surface area contributed by atoms with Crippen LogP contribution in [0.2, 0.25) is 0 Å². The lowest BCUT2D eigenvalue weighted by Gasteiger charge is -2.30. The number of halogens is 3. The van der Waals surface area contributed by atoms with Crippen LogP contribution >= 0.6 is 7.75 Å². The van der Waals surface area contributed by atoms with Gasteiger partial charge in [0.15, 0.2) is 12.4 Å². The van der Waals surface area contributed by atoms with Gasteiger partial charge in [0.1, 0.15) is 47.9 Å². The summed E-state index contributed by atoms with van der Waals surface area (Å²) in [4.78, 5) is 16.4. The number of aromatic nitrogens is 3. The molecule has 0 amide bonds. The molecule has 3 heterocycles. The van der Waals surface area contributed by atoms with Crippen molar-refractivity contribution in [2.75, 3.05) is 18.9 Å². The zero-order valence-electron chi connectivity index (χ0n) is 21.9. The van der Waals surface area contributed by atoms with E-state index in [-0.39, 0.29) is 11.9 Å². The van der Waals surface area contributed by atoms with Crippen LogP contribution in [-0.4, -0.2) is 80.1 Å². The number of nitrogens with one attached hydrogen (secondary N) is 1. The van der Waals surface area contributed by atoms with Crippen molar-refractivity contribution in [3.8, 4) is 0 Å². The van der Waals surface area contributed by atoms with Crippen LogP contribution in [0.5, 0.6) is 0 Å². The molecule has 0 bridgehead atoms. The van der Waals surface area contributed by atoms with E-state index in [0.29, 0.717) is 24.1 Å². The van der Waals surface area contributed by atoms with Crippen molar-refractivity contribution < 1.29 is 51.3 Å². The summed E-state index contributed by atoms with van der Waals surface area (Å²) in [6.45, 7) is -0.153. The predicted molar refractivity (Wildman–Crippen MR) is 133 cm³/mol. The largest absolute Gasteiger partial charge is 0.461 e. The normalized spacial score (nSPS) is 28.4. The van der Waals surface area contributed by atoms with Gasteiger partial charge in [-0.2, -0.15) is 18.3 Å². The van der Waals surface area contributed by atoms with Crippen molar-refractivity contribution in [1.29, 1.82) is 0 Å². The molecule has 1 saturated carbocycles. The Hall–Kier alpha value is -2.33. The molecule has 13 nitrogen and oxygen atoms in total. The predicted octanol–water partition coefficient (Wildman–Crippen LogP) is 2.42. The van der Waals surface area contributed by atoms with Gasteiger partial charge in [0.25, 0.3) is 0 Å². The smallest absolute Gasteiger partial charge is 0.412 e. The number of ether oxygens (including phenoxy) is 2. The first kappa shape index (κ1) is 30.6. The van der Waals surface area contributed by atoms with E-state index in [9.17, 15) is 32.7 Å². The van der Waals surface area contributed by atoms with Crippen LogP contribution in [0.1, 0.15) is 57.7 Å². The Balaban J connectivity index is 1.47. The maximum absolute atomic E-state index is 13.4. The molecule has 0 aromatic carbocycles. The Morgan fingerprint density at radius 2 is 2.00 bits per heavy atom. The van der Waals surface area contributed by atoms with Crippen molar-refractivity contribution in [3.05, 3.63) is 24.2 Å². The minimum absolute atomic E-state index is 0.158. The monoisotopic (exact) mass is 595 g/mol. The quantitative estimate of drug-likeness (QED) is 0.233. The third-order valence-corrected chi connectivity index (χ3v) is 8.56. The van der Waals surface area contributed by atoms with E-state index < -0.39 is 63.1 Å². The second-order valence-corrected chi connectivity index (χ2v) is 12.0. The van der Waals surface area contributed by atoms with E-state index in [1.54, 1.807) is 12.1 Å². The lowest BCUT2D eigenvalue weighted by molar-refractivity contribution is -0.157. The minimum atomic E-state index is -4.86. The third kappa shape index (κ3) is 6.93. The lowest BCUT2D eigenvalue weighted by Crippen LogP contribution is -2.45. The fraction of sp³-hybridized carbons (Fsp3) is 0.696. The number of anilines is 1. The maximum atomic E-state index is 13.4. The number of aliphatic hydroxyl groups excluding tert-OH is 2. The van der Waals surface area contributed by atoms with Crippen LogP contribution < -0.4 is 10.8 Å². The second kappa shape index (κ2) is 11.9. The van der Waals surface area contributed by atoms with Gasteiger partial charge >= 0.3 is 19.9 Å². The van der Waals surface area contributed by atoms with E-state index in [2.05, 4.69) is 19.7 Å². The van der Waals surface area contributed by atoms with Crippen molar-refractivity contribution in [2.45, 2.75) is 88.2 Å². The summed E-state index contributed by atoms with van der Waals surface area (Å²) in [6, 6.07) is 1.78. The molecular formula is C23H33F3N5O8P. The van der Waals surface area contributed by atoms with Gasteiger partial charge in [0, 0.05) is 0 Å². The molecule has 1 aliphatic heterocycles. The summed E-state index contributed by atoms with van der Waals surface area (Å²) in [5.41, 5.74) is 4.79. The Bertz CT molecular complexity index is 1240. The summed E-state index contributed by atoms with van der Waals surface area (Å²) in [7, 11) is -4.83. The molecule has 1 unspecified atom stereocenters. The molecule has 1 aliphatic carbocycles. The molecule has 5 N–H and O–H groups in total. The van der Waals surface area contributed by atoms with Crippen LogP contribution in [0.3, 0.4) is 0 Å². The van der Waals surface area contributed by atoms with Gasteiger partial charge in [-0.3, -0.25) is 13.8 Å². The topological polar surface area (TPSA) is 180 Å². The van der Waals surface area contributed by atoms with Gasteiger partial charge in [-0.05, 0) is 51.7 Å². The molecule has 0 radical (unpaired) electrons.